The zero-order valence-electron chi connectivity index (χ0n) is 20.7. The summed E-state index contributed by atoms with van der Waals surface area (Å²) in [6.45, 7) is 5.74. The molecule has 2 aromatic heterocycles. The Hall–Kier alpha value is -3.15. The monoisotopic (exact) mass is 533 g/mol. The highest BCUT2D eigenvalue weighted by Crippen LogP contribution is 2.40. The normalized spacial score (nSPS) is 23.8. The van der Waals surface area contributed by atoms with Crippen LogP contribution in [0.1, 0.15) is 44.4 Å². The Labute approximate surface area is 217 Å². The number of rotatable bonds is 3. The Morgan fingerprint density at radius 3 is 2.70 bits per heavy atom. The number of carbonyl (C=O) groups is 1. The molecule has 4 atom stereocenters. The van der Waals surface area contributed by atoms with Gasteiger partial charge < -0.3 is 34.9 Å². The van der Waals surface area contributed by atoms with Crippen molar-refractivity contribution in [1.82, 2.24) is 19.4 Å². The summed E-state index contributed by atoms with van der Waals surface area (Å²) in [6.07, 6.45) is -0.339. The number of nitrogens with zero attached hydrogens (tertiary/aromatic N) is 4. The molecule has 1 amide bonds. The molecule has 0 saturated heterocycles. The molecule has 0 bridgehead atoms. The lowest BCUT2D eigenvalue weighted by Crippen LogP contribution is -2.40. The molecule has 0 unspecified atom stereocenters. The van der Waals surface area contributed by atoms with E-state index >= 15 is 0 Å². The number of aromatic nitrogens is 3. The maximum absolute atomic E-state index is 14.7. The minimum absolute atomic E-state index is 0.0974. The molecule has 1 aliphatic heterocycles. The summed E-state index contributed by atoms with van der Waals surface area (Å²) in [4.78, 5) is 22.4. The smallest absolute Gasteiger partial charge is 0.410 e. The predicted molar refractivity (Wildman–Crippen MR) is 134 cm³/mol. The average Bonchev–Trinajstić information content (AvgIpc) is 3.31. The van der Waals surface area contributed by atoms with E-state index in [9.17, 15) is 19.4 Å². The van der Waals surface area contributed by atoms with E-state index in [4.69, 9.17) is 26.8 Å². The molecule has 5 rings (SSSR count). The van der Waals surface area contributed by atoms with Crippen molar-refractivity contribution >= 4 is 34.5 Å². The Morgan fingerprint density at radius 2 is 1.97 bits per heavy atom. The van der Waals surface area contributed by atoms with Gasteiger partial charge in [-0.3, -0.25) is 0 Å². The van der Waals surface area contributed by atoms with Crippen molar-refractivity contribution in [1.29, 1.82) is 0 Å². The summed E-state index contributed by atoms with van der Waals surface area (Å²) < 4.78 is 28.0. The Balaban J connectivity index is 1.41. The molecule has 10 nitrogen and oxygen atoms in total. The van der Waals surface area contributed by atoms with Crippen LogP contribution in [-0.2, 0) is 17.7 Å². The molecule has 0 spiro atoms. The number of anilines is 1. The fraction of sp³-hybridized carbons (Fsp3) is 0.480. The third-order valence-electron chi connectivity index (χ3n) is 6.79. The first-order chi connectivity index (χ1) is 17.4. The highest BCUT2D eigenvalue weighted by Gasteiger charge is 2.45. The number of aliphatic hydroxyl groups is 2. The number of nitrogen functional groups attached to an aromatic ring is 1. The van der Waals surface area contributed by atoms with Crippen LogP contribution in [0.3, 0.4) is 0 Å². The van der Waals surface area contributed by atoms with Gasteiger partial charge in [-0.1, -0.05) is 11.6 Å². The van der Waals surface area contributed by atoms with Gasteiger partial charge in [-0.25, -0.2) is 19.2 Å². The van der Waals surface area contributed by atoms with Crippen molar-refractivity contribution in [3.63, 3.8) is 0 Å². The molecule has 1 aromatic carbocycles. The van der Waals surface area contributed by atoms with Gasteiger partial charge in [-0.05, 0) is 44.9 Å². The predicted octanol–water partition coefficient (Wildman–Crippen LogP) is 3.21. The minimum atomic E-state index is -1.24. The molecule has 2 aliphatic rings. The van der Waals surface area contributed by atoms with Gasteiger partial charge in [0, 0.05) is 24.7 Å². The van der Waals surface area contributed by atoms with Crippen LogP contribution in [-0.4, -0.2) is 66.2 Å². The van der Waals surface area contributed by atoms with Crippen molar-refractivity contribution in [2.24, 2.45) is 0 Å². The van der Waals surface area contributed by atoms with Crippen LogP contribution >= 0.6 is 11.6 Å². The van der Waals surface area contributed by atoms with Crippen molar-refractivity contribution in [2.75, 3.05) is 12.3 Å². The van der Waals surface area contributed by atoms with Crippen LogP contribution in [0.25, 0.3) is 11.0 Å². The second-order valence-corrected chi connectivity index (χ2v) is 10.8. The third-order valence-corrected chi connectivity index (χ3v) is 7.08. The lowest BCUT2D eigenvalue weighted by molar-refractivity contribution is -0.0169. The second-order valence-electron chi connectivity index (χ2n) is 10.4. The third kappa shape index (κ3) is 4.67. The minimum Gasteiger partial charge on any atom is -0.487 e. The molecule has 3 heterocycles. The first-order valence-corrected chi connectivity index (χ1v) is 12.4. The standard InChI is InChI=1S/C25H29ClFN5O5/c1-25(2,3)37-24(35)31-7-6-12-13(9-31)17(5-4-15(12)27)36-18-8-16(20(33)21(18)34)32-10-14(26)19-22(28)29-11-30-23(19)32/h4-5,10-11,16,18,20-21,33-34H,6-9H2,1-3H3,(H2,28,29,30)/t16-,18+,20+,21-/m1/s1. The van der Waals surface area contributed by atoms with Crippen LogP contribution in [0, 0.1) is 5.82 Å². The lowest BCUT2D eigenvalue weighted by Gasteiger charge is -2.32. The summed E-state index contributed by atoms with van der Waals surface area (Å²) in [7, 11) is 0. The molecule has 3 aromatic rings. The molecule has 1 aliphatic carbocycles. The highest BCUT2D eigenvalue weighted by atomic mass is 35.5. The van der Waals surface area contributed by atoms with Gasteiger partial charge in [0.05, 0.1) is 23.0 Å². The first kappa shape index (κ1) is 25.5. The summed E-state index contributed by atoms with van der Waals surface area (Å²) >= 11 is 6.35. The van der Waals surface area contributed by atoms with E-state index in [0.717, 1.165) is 0 Å². The molecular formula is C25H29ClFN5O5. The number of nitrogens with two attached hydrogens (primary N) is 1. The molecule has 4 N–H and O–H groups in total. The summed E-state index contributed by atoms with van der Waals surface area (Å²) in [5.41, 5.74) is 6.68. The number of hydrogen-bond acceptors (Lipinski definition) is 8. The van der Waals surface area contributed by atoms with Crippen LogP contribution in [0.15, 0.2) is 24.7 Å². The van der Waals surface area contributed by atoms with E-state index in [1.165, 1.54) is 23.4 Å². The largest absolute Gasteiger partial charge is 0.487 e. The molecule has 198 valence electrons. The first-order valence-electron chi connectivity index (χ1n) is 12.0. The van der Waals surface area contributed by atoms with Crippen molar-refractivity contribution in [3.8, 4) is 5.75 Å². The molecule has 1 saturated carbocycles. The zero-order valence-corrected chi connectivity index (χ0v) is 21.4. The quantitative estimate of drug-likeness (QED) is 0.467. The Morgan fingerprint density at radius 1 is 1.22 bits per heavy atom. The molecular weight excluding hydrogens is 505 g/mol. The van der Waals surface area contributed by atoms with Gasteiger partial charge in [0.1, 0.15) is 53.3 Å². The molecule has 0 radical (unpaired) electrons. The number of aliphatic hydroxyl groups excluding tert-OH is 2. The number of amides is 1. The summed E-state index contributed by atoms with van der Waals surface area (Å²) in [5.74, 6) is 0.160. The van der Waals surface area contributed by atoms with E-state index in [-0.39, 0.29) is 24.6 Å². The SMILES string of the molecule is CC(C)(C)OC(=O)N1CCc2c(F)ccc(O[C@H]3C[C@@H](n4cc(Cl)c5c(N)ncnc54)[C@H](O)[C@@H]3O)c2C1. The maximum atomic E-state index is 14.7. The Bertz CT molecular complexity index is 1360. The van der Waals surface area contributed by atoms with Crippen molar-refractivity contribution in [3.05, 3.63) is 46.6 Å². The van der Waals surface area contributed by atoms with Gasteiger partial charge in [-0.15, -0.1) is 0 Å². The van der Waals surface area contributed by atoms with Crippen LogP contribution in [0.2, 0.25) is 5.02 Å². The maximum Gasteiger partial charge on any atom is 0.410 e. The van der Waals surface area contributed by atoms with E-state index in [0.29, 0.717) is 45.9 Å². The zero-order chi connectivity index (χ0) is 26.6. The number of halogens is 2. The van der Waals surface area contributed by atoms with Gasteiger partial charge in [0.15, 0.2) is 0 Å². The van der Waals surface area contributed by atoms with Gasteiger partial charge >= 0.3 is 6.09 Å². The number of hydrogen-bond donors (Lipinski definition) is 3. The average molecular weight is 534 g/mol. The van der Waals surface area contributed by atoms with Crippen LogP contribution in [0.4, 0.5) is 15.0 Å². The number of benzene rings is 1. The number of ether oxygens (including phenoxy) is 2. The topological polar surface area (TPSA) is 136 Å². The van der Waals surface area contributed by atoms with E-state index < -0.39 is 36.0 Å². The van der Waals surface area contributed by atoms with E-state index in [1.54, 1.807) is 31.5 Å². The highest BCUT2D eigenvalue weighted by molar-refractivity contribution is 6.36. The van der Waals surface area contributed by atoms with Gasteiger partial charge in [0.2, 0.25) is 0 Å². The van der Waals surface area contributed by atoms with Crippen molar-refractivity contribution < 1.29 is 28.9 Å². The fourth-order valence-corrected chi connectivity index (χ4v) is 5.32. The van der Waals surface area contributed by atoms with Gasteiger partial charge in [-0.2, -0.15) is 0 Å². The second kappa shape index (κ2) is 9.30. The summed E-state index contributed by atoms with van der Waals surface area (Å²) in [5, 5.41) is 22.6. The van der Waals surface area contributed by atoms with E-state index in [2.05, 4.69) is 9.97 Å². The molecule has 1 fully saturated rings. The van der Waals surface area contributed by atoms with Crippen molar-refractivity contribution in [2.45, 2.75) is 70.1 Å². The number of fused-ring (bicyclic) bond motifs is 2. The van der Waals surface area contributed by atoms with Gasteiger partial charge in [0.25, 0.3) is 0 Å². The fourth-order valence-electron chi connectivity index (χ4n) is 5.03. The summed E-state index contributed by atoms with van der Waals surface area (Å²) in [6, 6.07) is 2.18. The molecule has 37 heavy (non-hydrogen) atoms. The van der Waals surface area contributed by atoms with E-state index in [1.807, 2.05) is 0 Å². The van der Waals surface area contributed by atoms with Crippen LogP contribution in [0.5, 0.6) is 5.75 Å². The molecule has 12 heteroatoms. The van der Waals surface area contributed by atoms with Crippen LogP contribution < -0.4 is 10.5 Å². The lowest BCUT2D eigenvalue weighted by atomic mass is 9.98. The number of carbonyl (C=O) groups excluding carboxylic acids is 1. The Kier molecular flexibility index (Phi) is 6.41.